The summed E-state index contributed by atoms with van der Waals surface area (Å²) in [5.41, 5.74) is -5.45. The molecule has 0 saturated heterocycles. The molecule has 0 spiro atoms. The van der Waals surface area contributed by atoms with Crippen molar-refractivity contribution in [1.29, 1.82) is 5.26 Å². The van der Waals surface area contributed by atoms with E-state index in [1.807, 2.05) is 0 Å². The van der Waals surface area contributed by atoms with E-state index >= 15 is 0 Å². The van der Waals surface area contributed by atoms with Gasteiger partial charge in [0.15, 0.2) is 7.85 Å². The van der Waals surface area contributed by atoms with Crippen molar-refractivity contribution in [2.45, 2.75) is 16.5 Å². The highest BCUT2D eigenvalue weighted by Crippen LogP contribution is 2.39. The fourth-order valence-corrected chi connectivity index (χ4v) is 2.12. The molecule has 0 aromatic carbocycles. The van der Waals surface area contributed by atoms with Gasteiger partial charge in [-0.1, -0.05) is 0 Å². The third kappa shape index (κ3) is 1.93. The molecule has 6 radical (unpaired) electrons. The minimum absolute atomic E-state index is 0.0845. The molecule has 6 nitrogen and oxygen atoms in total. The van der Waals surface area contributed by atoms with Crippen molar-refractivity contribution in [1.82, 2.24) is 9.38 Å². The average molecular weight is 263 g/mol. The van der Waals surface area contributed by atoms with Gasteiger partial charge in [0.1, 0.15) is 32.4 Å². The molecule has 2 aromatic heterocycles. The summed E-state index contributed by atoms with van der Waals surface area (Å²) in [6.07, 6.45) is 4.62. The molecule has 2 aromatic rings. The zero-order valence-corrected chi connectivity index (χ0v) is 10.3. The Bertz CT molecular complexity index is 668. The monoisotopic (exact) mass is 263 g/mol. The third-order valence-electron chi connectivity index (χ3n) is 3.15. The minimum atomic E-state index is -3.18. The Hall–Kier alpha value is -1.75. The number of nitriles is 1. The molecule has 0 fully saturated rings. The number of aliphatic hydroxyl groups is 3. The van der Waals surface area contributed by atoms with E-state index in [-0.39, 0.29) is 5.56 Å². The van der Waals surface area contributed by atoms with E-state index in [0.717, 1.165) is 0 Å². The van der Waals surface area contributed by atoms with Gasteiger partial charge in [-0.2, -0.15) is 5.26 Å². The fourth-order valence-electron chi connectivity index (χ4n) is 2.12. The molecule has 1 atom stereocenters. The molecular formula is C11H8B3N3O3. The Morgan fingerprint density at radius 3 is 2.35 bits per heavy atom. The molecular weight excluding hydrogens is 255 g/mol. The molecule has 0 saturated carbocycles. The molecule has 9 heteroatoms. The maximum Gasteiger partial charge on any atom is 0.156 e. The van der Waals surface area contributed by atoms with Gasteiger partial charge in [-0.25, -0.2) is 4.98 Å². The largest absolute Gasteiger partial charge is 0.407 e. The Kier molecular flexibility index (Phi) is 3.21. The van der Waals surface area contributed by atoms with Gasteiger partial charge in [-0.15, -0.1) is 0 Å². The van der Waals surface area contributed by atoms with Crippen molar-refractivity contribution < 1.29 is 15.3 Å². The number of rotatable bonds is 3. The summed E-state index contributed by atoms with van der Waals surface area (Å²) >= 11 is 0. The fraction of sp³-hybridized carbons (Fsp3) is 0.273. The number of fused-ring (bicyclic) bond motifs is 1. The zero-order valence-electron chi connectivity index (χ0n) is 10.3. The van der Waals surface area contributed by atoms with Crippen LogP contribution < -0.4 is 0 Å². The first-order chi connectivity index (χ1) is 9.13. The normalized spacial score (nSPS) is 15.7. The van der Waals surface area contributed by atoms with Crippen molar-refractivity contribution in [3.05, 3.63) is 36.3 Å². The Balaban J connectivity index is 2.78. The number of hydrogen-bond acceptors (Lipinski definition) is 5. The van der Waals surface area contributed by atoms with Gasteiger partial charge in [0.25, 0.3) is 0 Å². The van der Waals surface area contributed by atoms with Crippen LogP contribution >= 0.6 is 0 Å². The first kappa shape index (κ1) is 14.7. The molecule has 0 aliphatic heterocycles. The van der Waals surface area contributed by atoms with Crippen LogP contribution in [0.25, 0.3) is 5.65 Å². The summed E-state index contributed by atoms with van der Waals surface area (Å²) in [5, 5.41) is 35.8. The van der Waals surface area contributed by atoms with E-state index in [9.17, 15) is 20.6 Å². The van der Waals surface area contributed by atoms with Crippen LogP contribution in [0.15, 0.2) is 30.7 Å². The molecule has 0 aliphatic rings. The highest BCUT2D eigenvalue weighted by atomic mass is 16.5. The summed E-state index contributed by atoms with van der Waals surface area (Å²) in [4.78, 5) is 3.98. The second-order valence-electron chi connectivity index (χ2n) is 4.52. The lowest BCUT2D eigenvalue weighted by atomic mass is 9.44. The highest BCUT2D eigenvalue weighted by Gasteiger charge is 2.56. The molecule has 0 aliphatic carbocycles. The number of imidazole rings is 1. The van der Waals surface area contributed by atoms with Crippen LogP contribution in [0.2, 0.25) is 0 Å². The molecule has 20 heavy (non-hydrogen) atoms. The number of nitrogens with zero attached hydrogens (tertiary/aromatic N) is 3. The maximum absolute atomic E-state index is 9.85. The lowest BCUT2D eigenvalue weighted by molar-refractivity contribution is -0.151. The third-order valence-corrected chi connectivity index (χ3v) is 3.15. The lowest BCUT2D eigenvalue weighted by Crippen LogP contribution is -2.66. The standard InChI is InChI=1S/C11H8B3N3O3/c12-10(13,18)9(6-15,11(14,19)20)7-1-3-17-4-2-16-8(17)5-7/h1-5,18-20H. The van der Waals surface area contributed by atoms with E-state index in [1.54, 1.807) is 10.6 Å². The summed E-state index contributed by atoms with van der Waals surface area (Å²) in [6.45, 7) is 0. The molecule has 0 amide bonds. The van der Waals surface area contributed by atoms with Gasteiger partial charge in [-0.3, -0.25) is 0 Å². The molecule has 2 heterocycles. The smallest absolute Gasteiger partial charge is 0.156 e. The predicted octanol–water partition coefficient (Wildman–Crippen LogP) is -2.11. The summed E-state index contributed by atoms with van der Waals surface area (Å²) in [5.74, 6) is 0. The van der Waals surface area contributed by atoms with Crippen LogP contribution in [0.4, 0.5) is 0 Å². The molecule has 94 valence electrons. The van der Waals surface area contributed by atoms with Crippen LogP contribution in [0.5, 0.6) is 0 Å². The van der Waals surface area contributed by atoms with Crippen molar-refractivity contribution in [2.24, 2.45) is 0 Å². The Morgan fingerprint density at radius 2 is 1.85 bits per heavy atom. The van der Waals surface area contributed by atoms with Gasteiger partial charge in [0.05, 0.1) is 6.07 Å². The minimum Gasteiger partial charge on any atom is -0.407 e. The van der Waals surface area contributed by atoms with Crippen molar-refractivity contribution in [3.63, 3.8) is 0 Å². The first-order valence-corrected chi connectivity index (χ1v) is 5.51. The van der Waals surface area contributed by atoms with Crippen LogP contribution in [-0.4, -0.2) is 59.3 Å². The van der Waals surface area contributed by atoms with E-state index in [1.165, 1.54) is 30.6 Å². The molecule has 1 unspecified atom stereocenters. The Labute approximate surface area is 118 Å². The van der Waals surface area contributed by atoms with Crippen molar-refractivity contribution in [2.75, 3.05) is 0 Å². The van der Waals surface area contributed by atoms with Crippen molar-refractivity contribution in [3.8, 4) is 6.07 Å². The zero-order chi connectivity index (χ0) is 15.2. The van der Waals surface area contributed by atoms with Crippen LogP contribution in [0.1, 0.15) is 5.56 Å². The second kappa shape index (κ2) is 4.38. The van der Waals surface area contributed by atoms with Crippen LogP contribution in [-0.2, 0) is 5.41 Å². The van der Waals surface area contributed by atoms with E-state index in [4.69, 9.17) is 23.5 Å². The lowest BCUT2D eigenvalue weighted by Gasteiger charge is -2.46. The van der Waals surface area contributed by atoms with Gasteiger partial charge >= 0.3 is 0 Å². The number of aromatic nitrogens is 2. The van der Waals surface area contributed by atoms with Crippen LogP contribution in [0, 0.1) is 11.3 Å². The van der Waals surface area contributed by atoms with Crippen LogP contribution in [0.3, 0.4) is 0 Å². The summed E-state index contributed by atoms with van der Waals surface area (Å²) in [7, 11) is 15.9. The first-order valence-electron chi connectivity index (χ1n) is 5.51. The van der Waals surface area contributed by atoms with E-state index in [2.05, 4.69) is 4.98 Å². The second-order valence-corrected chi connectivity index (χ2v) is 4.52. The SMILES string of the molecule is [B]C([B])(O)C(C#N)(c1ccn2ccnc2c1)C([B])(O)O. The summed E-state index contributed by atoms with van der Waals surface area (Å²) < 4.78 is 1.60. The topological polar surface area (TPSA) is 102 Å². The van der Waals surface area contributed by atoms with Gasteiger partial charge < -0.3 is 19.7 Å². The quantitative estimate of drug-likeness (QED) is 0.434. The van der Waals surface area contributed by atoms with Gasteiger partial charge in [-0.05, 0) is 17.7 Å². The number of pyridine rings is 1. The molecule has 2 rings (SSSR count). The number of hydrogen-bond donors (Lipinski definition) is 3. The van der Waals surface area contributed by atoms with E-state index < -0.39 is 16.5 Å². The van der Waals surface area contributed by atoms with Crippen molar-refractivity contribution >= 4 is 29.2 Å². The Morgan fingerprint density at radius 1 is 1.20 bits per heavy atom. The molecule has 3 N–H and O–H groups in total. The summed E-state index contributed by atoms with van der Waals surface area (Å²) in [6, 6.07) is 4.16. The van der Waals surface area contributed by atoms with Gasteiger partial charge in [0.2, 0.25) is 0 Å². The predicted molar refractivity (Wildman–Crippen MR) is 71.9 cm³/mol. The van der Waals surface area contributed by atoms with E-state index in [0.29, 0.717) is 5.65 Å². The maximum atomic E-state index is 9.85. The molecule has 0 bridgehead atoms. The highest BCUT2D eigenvalue weighted by molar-refractivity contribution is 6.41. The average Bonchev–Trinajstić information content (AvgIpc) is 2.73. The van der Waals surface area contributed by atoms with Gasteiger partial charge in [0, 0.05) is 24.0 Å².